The van der Waals surface area contributed by atoms with Crippen LogP contribution in [0.5, 0.6) is 11.5 Å². The van der Waals surface area contributed by atoms with Gasteiger partial charge in [0.05, 0.1) is 0 Å². The quantitative estimate of drug-likeness (QED) is 0.729. The SMILES string of the molecule is O=C(COc1ccccc1)N1CCCCC1c1nc(-c2ccc(O)cc2)no1. The van der Waals surface area contributed by atoms with Crippen LogP contribution < -0.4 is 4.74 Å². The fourth-order valence-corrected chi connectivity index (χ4v) is 3.33. The van der Waals surface area contributed by atoms with E-state index < -0.39 is 0 Å². The van der Waals surface area contributed by atoms with Crippen LogP contribution in [0, 0.1) is 0 Å². The van der Waals surface area contributed by atoms with Crippen molar-refractivity contribution in [2.75, 3.05) is 13.2 Å². The minimum atomic E-state index is -0.251. The van der Waals surface area contributed by atoms with Crippen molar-refractivity contribution in [2.45, 2.75) is 25.3 Å². The zero-order valence-corrected chi connectivity index (χ0v) is 15.3. The number of nitrogens with zero attached hydrogens (tertiary/aromatic N) is 3. The Balaban J connectivity index is 1.47. The van der Waals surface area contributed by atoms with Gasteiger partial charge in [0.2, 0.25) is 11.7 Å². The number of carbonyl (C=O) groups excluding carboxylic acids is 1. The number of likely N-dealkylation sites (tertiary alicyclic amines) is 1. The largest absolute Gasteiger partial charge is 0.508 e. The first-order valence-electron chi connectivity index (χ1n) is 9.31. The van der Waals surface area contributed by atoms with E-state index in [0.29, 0.717) is 24.0 Å². The van der Waals surface area contributed by atoms with Crippen LogP contribution in [-0.2, 0) is 4.79 Å². The van der Waals surface area contributed by atoms with Crippen LogP contribution in [0.25, 0.3) is 11.4 Å². The maximum atomic E-state index is 12.8. The molecule has 0 bridgehead atoms. The minimum Gasteiger partial charge on any atom is -0.508 e. The Hall–Kier alpha value is -3.35. The highest BCUT2D eigenvalue weighted by molar-refractivity contribution is 5.78. The predicted octanol–water partition coefficient (Wildman–Crippen LogP) is 3.57. The molecular weight excluding hydrogens is 358 g/mol. The van der Waals surface area contributed by atoms with Crippen LogP contribution >= 0.6 is 0 Å². The lowest BCUT2D eigenvalue weighted by Gasteiger charge is -2.33. The van der Waals surface area contributed by atoms with Crippen molar-refractivity contribution in [1.29, 1.82) is 0 Å². The number of amides is 1. The van der Waals surface area contributed by atoms with Crippen LogP contribution in [-0.4, -0.2) is 39.2 Å². The second-order valence-corrected chi connectivity index (χ2v) is 6.70. The normalized spacial score (nSPS) is 16.7. The molecule has 1 unspecified atom stereocenters. The summed E-state index contributed by atoms with van der Waals surface area (Å²) in [6, 6.07) is 15.6. The van der Waals surface area contributed by atoms with Crippen molar-refractivity contribution >= 4 is 5.91 Å². The van der Waals surface area contributed by atoms with Gasteiger partial charge in [-0.25, -0.2) is 0 Å². The molecule has 2 heterocycles. The van der Waals surface area contributed by atoms with E-state index in [-0.39, 0.29) is 24.3 Å². The smallest absolute Gasteiger partial charge is 0.261 e. The number of para-hydroxylation sites is 1. The average Bonchev–Trinajstić information content (AvgIpc) is 3.23. The van der Waals surface area contributed by atoms with E-state index in [1.807, 2.05) is 30.3 Å². The standard InChI is InChI=1S/C21H21N3O4/c25-16-11-9-15(10-12-16)20-22-21(28-23-20)18-8-4-5-13-24(18)19(26)14-27-17-6-2-1-3-7-17/h1-3,6-7,9-12,18,25H,4-5,8,13-14H2. The van der Waals surface area contributed by atoms with Crippen LogP contribution in [0.15, 0.2) is 59.1 Å². The molecule has 144 valence electrons. The number of phenolic OH excluding ortho intramolecular Hbond substituents is 1. The molecule has 28 heavy (non-hydrogen) atoms. The third kappa shape index (κ3) is 3.98. The van der Waals surface area contributed by atoms with Crippen LogP contribution in [0.3, 0.4) is 0 Å². The molecule has 1 aromatic heterocycles. The zero-order chi connectivity index (χ0) is 19.3. The van der Waals surface area contributed by atoms with Gasteiger partial charge in [-0.3, -0.25) is 4.79 Å². The second kappa shape index (κ2) is 8.12. The Morgan fingerprint density at radius 1 is 1.14 bits per heavy atom. The lowest BCUT2D eigenvalue weighted by Crippen LogP contribution is -2.41. The number of carbonyl (C=O) groups is 1. The van der Waals surface area contributed by atoms with Crippen molar-refractivity contribution < 1.29 is 19.2 Å². The van der Waals surface area contributed by atoms with Gasteiger partial charge in [-0.1, -0.05) is 23.4 Å². The van der Waals surface area contributed by atoms with E-state index in [0.717, 1.165) is 24.8 Å². The third-order valence-corrected chi connectivity index (χ3v) is 4.78. The first-order chi connectivity index (χ1) is 13.7. The molecule has 1 atom stereocenters. The Morgan fingerprint density at radius 2 is 1.93 bits per heavy atom. The van der Waals surface area contributed by atoms with Gasteiger partial charge in [-0.2, -0.15) is 4.98 Å². The number of hydrogen-bond acceptors (Lipinski definition) is 6. The van der Waals surface area contributed by atoms with Crippen molar-refractivity contribution in [3.05, 3.63) is 60.5 Å². The second-order valence-electron chi connectivity index (χ2n) is 6.70. The van der Waals surface area contributed by atoms with Gasteiger partial charge in [0.15, 0.2) is 6.61 Å². The Bertz CT molecular complexity index is 924. The maximum absolute atomic E-state index is 12.8. The van der Waals surface area contributed by atoms with Crippen molar-refractivity contribution in [2.24, 2.45) is 0 Å². The summed E-state index contributed by atoms with van der Waals surface area (Å²) in [5.74, 6) is 1.61. The molecule has 1 saturated heterocycles. The van der Waals surface area contributed by atoms with Crippen LogP contribution in [0.4, 0.5) is 0 Å². The number of hydrogen-bond donors (Lipinski definition) is 1. The van der Waals surface area contributed by atoms with Crippen LogP contribution in [0.2, 0.25) is 0 Å². The fraction of sp³-hybridized carbons (Fsp3) is 0.286. The van der Waals surface area contributed by atoms with E-state index in [1.54, 1.807) is 29.2 Å². The Kier molecular flexibility index (Phi) is 5.23. The van der Waals surface area contributed by atoms with Gasteiger partial charge in [-0.05, 0) is 55.7 Å². The average molecular weight is 379 g/mol. The summed E-state index contributed by atoms with van der Waals surface area (Å²) >= 11 is 0. The van der Waals surface area contributed by atoms with Crippen LogP contribution in [0.1, 0.15) is 31.2 Å². The van der Waals surface area contributed by atoms with E-state index in [9.17, 15) is 9.90 Å². The molecule has 1 aliphatic heterocycles. The number of aromatic hydroxyl groups is 1. The summed E-state index contributed by atoms with van der Waals surface area (Å²) < 4.78 is 11.1. The van der Waals surface area contributed by atoms with Gasteiger partial charge in [-0.15, -0.1) is 0 Å². The summed E-state index contributed by atoms with van der Waals surface area (Å²) in [6.45, 7) is 0.609. The summed E-state index contributed by atoms with van der Waals surface area (Å²) in [5, 5.41) is 13.5. The van der Waals surface area contributed by atoms with Gasteiger partial charge in [0.1, 0.15) is 17.5 Å². The first kappa shape index (κ1) is 18.0. The third-order valence-electron chi connectivity index (χ3n) is 4.78. The maximum Gasteiger partial charge on any atom is 0.261 e. The highest BCUT2D eigenvalue weighted by Gasteiger charge is 2.32. The van der Waals surface area contributed by atoms with Gasteiger partial charge < -0.3 is 19.3 Å². The van der Waals surface area contributed by atoms with E-state index in [1.165, 1.54) is 0 Å². The van der Waals surface area contributed by atoms with Gasteiger partial charge in [0.25, 0.3) is 5.91 Å². The molecule has 2 aromatic carbocycles. The topological polar surface area (TPSA) is 88.7 Å². The summed E-state index contributed by atoms with van der Waals surface area (Å²) in [5.41, 5.74) is 0.744. The molecule has 1 N–H and O–H groups in total. The Morgan fingerprint density at radius 3 is 2.71 bits per heavy atom. The highest BCUT2D eigenvalue weighted by Crippen LogP contribution is 2.31. The number of phenols is 1. The molecule has 0 aliphatic carbocycles. The molecule has 3 aromatic rings. The van der Waals surface area contributed by atoms with Gasteiger partial charge in [0, 0.05) is 12.1 Å². The molecule has 7 nitrogen and oxygen atoms in total. The molecule has 4 rings (SSSR count). The minimum absolute atomic E-state index is 0.0283. The Labute approximate surface area is 162 Å². The first-order valence-corrected chi connectivity index (χ1v) is 9.31. The van der Waals surface area contributed by atoms with Crippen molar-refractivity contribution in [1.82, 2.24) is 15.0 Å². The number of rotatable bonds is 5. The van der Waals surface area contributed by atoms with E-state index in [4.69, 9.17) is 9.26 Å². The summed E-state index contributed by atoms with van der Waals surface area (Å²) in [7, 11) is 0. The van der Waals surface area contributed by atoms with Crippen molar-refractivity contribution in [3.8, 4) is 22.9 Å². The number of piperidine rings is 1. The lowest BCUT2D eigenvalue weighted by atomic mass is 10.0. The number of benzene rings is 2. The lowest BCUT2D eigenvalue weighted by molar-refractivity contribution is -0.138. The van der Waals surface area contributed by atoms with E-state index >= 15 is 0 Å². The summed E-state index contributed by atoms with van der Waals surface area (Å²) in [4.78, 5) is 19.0. The zero-order valence-electron chi connectivity index (χ0n) is 15.3. The highest BCUT2D eigenvalue weighted by atomic mass is 16.5. The molecular formula is C21H21N3O4. The fourth-order valence-electron chi connectivity index (χ4n) is 3.33. The number of ether oxygens (including phenoxy) is 1. The molecule has 1 fully saturated rings. The molecule has 1 amide bonds. The molecule has 0 radical (unpaired) electrons. The molecule has 7 heteroatoms. The molecule has 0 saturated carbocycles. The van der Waals surface area contributed by atoms with E-state index in [2.05, 4.69) is 10.1 Å². The molecule has 1 aliphatic rings. The monoisotopic (exact) mass is 379 g/mol. The van der Waals surface area contributed by atoms with Crippen molar-refractivity contribution in [3.63, 3.8) is 0 Å². The number of aromatic nitrogens is 2. The molecule has 0 spiro atoms. The predicted molar refractivity (Wildman–Crippen MR) is 102 cm³/mol. The van der Waals surface area contributed by atoms with Gasteiger partial charge >= 0.3 is 0 Å². The summed E-state index contributed by atoms with van der Waals surface area (Å²) in [6.07, 6.45) is 2.70.